The smallest absolute Gasteiger partial charge is 0.223 e. The Balaban J connectivity index is 1.42. The molecule has 3 rings (SSSR count). The molecule has 1 atom stereocenters. The van der Waals surface area contributed by atoms with Gasteiger partial charge in [-0.15, -0.1) is 0 Å². The highest BCUT2D eigenvalue weighted by atomic mass is 16.2. The number of carbonyl (C=O) groups is 1. The minimum atomic E-state index is 0.247. The van der Waals surface area contributed by atoms with Gasteiger partial charge >= 0.3 is 0 Å². The van der Waals surface area contributed by atoms with Gasteiger partial charge in [0.25, 0.3) is 0 Å². The number of amides is 1. The van der Waals surface area contributed by atoms with Crippen LogP contribution in [0.1, 0.15) is 31.7 Å². The molecule has 1 unspecified atom stereocenters. The van der Waals surface area contributed by atoms with Gasteiger partial charge in [-0.05, 0) is 17.9 Å². The second-order valence-electron chi connectivity index (χ2n) is 8.34. The molecule has 162 valence electrons. The van der Waals surface area contributed by atoms with Gasteiger partial charge in [-0.25, -0.2) is 4.98 Å². The van der Waals surface area contributed by atoms with Crippen molar-refractivity contribution in [1.82, 2.24) is 25.1 Å². The molecule has 0 aliphatic carbocycles. The number of aliphatic imine (C=N–C) groups is 1. The molecule has 0 saturated carbocycles. The predicted octanol–water partition coefficient (Wildman–Crippen LogP) is 2.30. The highest BCUT2D eigenvalue weighted by molar-refractivity contribution is 5.80. The van der Waals surface area contributed by atoms with Crippen LogP contribution in [0.5, 0.6) is 0 Å². The van der Waals surface area contributed by atoms with E-state index in [0.717, 1.165) is 44.4 Å². The summed E-state index contributed by atoms with van der Waals surface area (Å²) in [5, 5.41) is 6.71. The zero-order valence-corrected chi connectivity index (χ0v) is 18.3. The average Bonchev–Trinajstić information content (AvgIpc) is 3.32. The summed E-state index contributed by atoms with van der Waals surface area (Å²) in [6, 6.07) is 10.3. The van der Waals surface area contributed by atoms with Crippen molar-refractivity contribution in [3.63, 3.8) is 0 Å². The second kappa shape index (κ2) is 10.8. The molecule has 2 N–H and O–H groups in total. The summed E-state index contributed by atoms with van der Waals surface area (Å²) in [4.78, 5) is 23.1. The molecule has 1 amide bonds. The van der Waals surface area contributed by atoms with Crippen molar-refractivity contribution in [1.29, 1.82) is 0 Å². The third kappa shape index (κ3) is 6.34. The largest absolute Gasteiger partial charge is 0.356 e. The van der Waals surface area contributed by atoms with Crippen LogP contribution in [0, 0.1) is 11.8 Å². The van der Waals surface area contributed by atoms with Gasteiger partial charge in [0.2, 0.25) is 5.91 Å². The molecule has 2 heterocycles. The number of nitrogens with zero attached hydrogens (tertiary/aromatic N) is 4. The van der Waals surface area contributed by atoms with Gasteiger partial charge in [-0.2, -0.15) is 0 Å². The third-order valence-corrected chi connectivity index (χ3v) is 5.37. The monoisotopic (exact) mass is 410 g/mol. The minimum Gasteiger partial charge on any atom is -0.356 e. The number of hydrogen-bond donors (Lipinski definition) is 2. The molecule has 0 radical (unpaired) electrons. The lowest BCUT2D eigenvalue weighted by Crippen LogP contribution is -2.40. The minimum absolute atomic E-state index is 0.247. The van der Waals surface area contributed by atoms with Gasteiger partial charge in [0.1, 0.15) is 5.82 Å². The lowest BCUT2D eigenvalue weighted by Gasteiger charge is -2.18. The first-order valence-electron chi connectivity index (χ1n) is 10.8. The summed E-state index contributed by atoms with van der Waals surface area (Å²) in [7, 11) is 1.77. The Kier molecular flexibility index (Phi) is 7.88. The molecule has 1 aromatic heterocycles. The fourth-order valence-electron chi connectivity index (χ4n) is 3.81. The van der Waals surface area contributed by atoms with Crippen molar-refractivity contribution in [2.45, 2.75) is 39.8 Å². The molecule has 1 saturated heterocycles. The third-order valence-electron chi connectivity index (χ3n) is 5.37. The number of benzene rings is 1. The van der Waals surface area contributed by atoms with Crippen LogP contribution in [0.2, 0.25) is 0 Å². The first-order valence-corrected chi connectivity index (χ1v) is 10.8. The van der Waals surface area contributed by atoms with E-state index in [1.807, 2.05) is 35.5 Å². The lowest BCUT2D eigenvalue weighted by atomic mass is 10.1. The molecule has 2 aromatic rings. The Morgan fingerprint density at radius 2 is 2.07 bits per heavy atom. The number of hydrogen-bond acceptors (Lipinski definition) is 3. The van der Waals surface area contributed by atoms with Gasteiger partial charge in [0, 0.05) is 58.0 Å². The fraction of sp³-hybridized carbons (Fsp3) is 0.522. The Bertz CT molecular complexity index is 829. The van der Waals surface area contributed by atoms with Crippen LogP contribution >= 0.6 is 0 Å². The van der Waals surface area contributed by atoms with E-state index >= 15 is 0 Å². The Hall–Kier alpha value is -2.83. The molecular formula is C23H34N6O. The van der Waals surface area contributed by atoms with Crippen LogP contribution in [0.15, 0.2) is 47.7 Å². The van der Waals surface area contributed by atoms with E-state index in [0.29, 0.717) is 24.8 Å². The van der Waals surface area contributed by atoms with Crippen molar-refractivity contribution >= 4 is 11.9 Å². The topological polar surface area (TPSA) is 74.5 Å². The molecule has 7 nitrogen and oxygen atoms in total. The summed E-state index contributed by atoms with van der Waals surface area (Å²) in [5.74, 6) is 2.85. The molecule has 1 aliphatic rings. The van der Waals surface area contributed by atoms with E-state index in [4.69, 9.17) is 0 Å². The SMILES string of the molecule is CN=C(NCc1nccn1CC(C)C)NCC1CC(=O)N(CCc2ccccc2)C1. The van der Waals surface area contributed by atoms with Crippen LogP contribution in [0.3, 0.4) is 0 Å². The highest BCUT2D eigenvalue weighted by Crippen LogP contribution is 2.17. The summed E-state index contributed by atoms with van der Waals surface area (Å²) in [6.45, 7) is 8.28. The number of carbonyl (C=O) groups excluding carboxylic acids is 1. The van der Waals surface area contributed by atoms with E-state index < -0.39 is 0 Å². The Labute approximate surface area is 179 Å². The molecule has 30 heavy (non-hydrogen) atoms. The van der Waals surface area contributed by atoms with Crippen LogP contribution in [-0.4, -0.2) is 53.0 Å². The molecule has 0 bridgehead atoms. The zero-order chi connectivity index (χ0) is 21.3. The van der Waals surface area contributed by atoms with Crippen molar-refractivity contribution in [2.75, 3.05) is 26.7 Å². The summed E-state index contributed by atoms with van der Waals surface area (Å²) >= 11 is 0. The molecule has 7 heteroatoms. The second-order valence-corrected chi connectivity index (χ2v) is 8.34. The van der Waals surface area contributed by atoms with Gasteiger partial charge in [0.15, 0.2) is 5.96 Å². The average molecular weight is 411 g/mol. The van der Waals surface area contributed by atoms with Crippen molar-refractivity contribution in [3.8, 4) is 0 Å². The maximum absolute atomic E-state index is 12.4. The number of aromatic nitrogens is 2. The highest BCUT2D eigenvalue weighted by Gasteiger charge is 2.29. The Morgan fingerprint density at radius 1 is 1.27 bits per heavy atom. The number of likely N-dealkylation sites (tertiary alicyclic amines) is 1. The summed E-state index contributed by atoms with van der Waals surface area (Å²) < 4.78 is 2.17. The molecular weight excluding hydrogens is 376 g/mol. The first kappa shape index (κ1) is 21.9. The van der Waals surface area contributed by atoms with E-state index in [9.17, 15) is 4.79 Å². The number of rotatable bonds is 9. The normalized spacial score (nSPS) is 17.1. The quantitative estimate of drug-likeness (QED) is 0.491. The van der Waals surface area contributed by atoms with Gasteiger partial charge < -0.3 is 20.1 Å². The first-order chi connectivity index (χ1) is 14.5. The maximum Gasteiger partial charge on any atom is 0.223 e. The molecule has 1 aromatic carbocycles. The van der Waals surface area contributed by atoms with Crippen molar-refractivity contribution in [3.05, 3.63) is 54.1 Å². The standard InChI is InChI=1S/C23H34N6O/c1-18(2)16-28-12-10-25-21(28)15-27-23(24-3)26-14-20-13-22(30)29(17-20)11-9-19-7-5-4-6-8-19/h4-8,10,12,18,20H,9,11,13-17H2,1-3H3,(H2,24,26,27). The molecule has 0 spiro atoms. The predicted molar refractivity (Wildman–Crippen MR) is 120 cm³/mol. The summed E-state index contributed by atoms with van der Waals surface area (Å²) in [5.41, 5.74) is 1.27. The number of nitrogens with one attached hydrogen (secondary N) is 2. The Morgan fingerprint density at radius 3 is 2.80 bits per heavy atom. The van der Waals surface area contributed by atoms with Gasteiger partial charge in [0.05, 0.1) is 6.54 Å². The number of imidazole rings is 1. The van der Waals surface area contributed by atoms with Crippen LogP contribution in [-0.2, 0) is 24.3 Å². The zero-order valence-electron chi connectivity index (χ0n) is 18.3. The van der Waals surface area contributed by atoms with E-state index in [1.54, 1.807) is 7.05 Å². The van der Waals surface area contributed by atoms with E-state index in [2.05, 4.69) is 51.2 Å². The van der Waals surface area contributed by atoms with Crippen LogP contribution < -0.4 is 10.6 Å². The van der Waals surface area contributed by atoms with E-state index in [1.165, 1.54) is 5.56 Å². The van der Waals surface area contributed by atoms with Crippen LogP contribution in [0.4, 0.5) is 0 Å². The van der Waals surface area contributed by atoms with Gasteiger partial charge in [-0.3, -0.25) is 9.79 Å². The summed E-state index contributed by atoms with van der Waals surface area (Å²) in [6.07, 6.45) is 5.35. The van der Waals surface area contributed by atoms with Crippen molar-refractivity contribution < 1.29 is 4.79 Å². The molecule has 1 fully saturated rings. The van der Waals surface area contributed by atoms with E-state index in [-0.39, 0.29) is 5.91 Å². The molecule has 1 aliphatic heterocycles. The lowest BCUT2D eigenvalue weighted by molar-refractivity contribution is -0.127. The van der Waals surface area contributed by atoms with Crippen LogP contribution in [0.25, 0.3) is 0 Å². The van der Waals surface area contributed by atoms with Gasteiger partial charge in [-0.1, -0.05) is 44.2 Å². The fourth-order valence-corrected chi connectivity index (χ4v) is 3.81. The number of guanidine groups is 1. The maximum atomic E-state index is 12.4. The van der Waals surface area contributed by atoms with Crippen molar-refractivity contribution in [2.24, 2.45) is 16.8 Å².